The van der Waals surface area contributed by atoms with Crippen LogP contribution in [0.2, 0.25) is 5.02 Å². The van der Waals surface area contributed by atoms with Crippen LogP contribution in [0.3, 0.4) is 0 Å². The SMILES string of the molecule is Cc1cc2c(N3CCN(c4cnn(C)c(=O)c4Cl)CC3)ncnc2s1. The number of nitrogens with zero attached hydrogens (tertiary/aromatic N) is 6. The summed E-state index contributed by atoms with van der Waals surface area (Å²) in [6, 6.07) is 2.14. The van der Waals surface area contributed by atoms with Crippen LogP contribution in [0.4, 0.5) is 11.5 Å². The third kappa shape index (κ3) is 2.85. The van der Waals surface area contributed by atoms with Crippen LogP contribution in [0.5, 0.6) is 0 Å². The predicted octanol–water partition coefficient (Wildman–Crippen LogP) is 2.07. The van der Waals surface area contributed by atoms with Crippen molar-refractivity contribution in [3.05, 3.63) is 38.8 Å². The molecule has 0 bridgehead atoms. The van der Waals surface area contributed by atoms with Gasteiger partial charge in [0.25, 0.3) is 5.56 Å². The van der Waals surface area contributed by atoms with Crippen LogP contribution >= 0.6 is 22.9 Å². The van der Waals surface area contributed by atoms with E-state index in [0.717, 1.165) is 42.2 Å². The van der Waals surface area contributed by atoms with Crippen LogP contribution < -0.4 is 15.4 Å². The molecule has 0 atom stereocenters. The molecule has 7 nitrogen and oxygen atoms in total. The van der Waals surface area contributed by atoms with Gasteiger partial charge in [-0.1, -0.05) is 11.6 Å². The fourth-order valence-corrected chi connectivity index (χ4v) is 4.23. The number of halogens is 1. The molecule has 0 spiro atoms. The van der Waals surface area contributed by atoms with Crippen molar-refractivity contribution in [3.8, 4) is 0 Å². The first-order chi connectivity index (χ1) is 12.0. The highest BCUT2D eigenvalue weighted by Gasteiger charge is 2.23. The van der Waals surface area contributed by atoms with Crippen LogP contribution in [0.15, 0.2) is 23.4 Å². The second kappa shape index (κ2) is 6.27. The average molecular weight is 377 g/mol. The molecule has 0 radical (unpaired) electrons. The van der Waals surface area contributed by atoms with E-state index in [2.05, 4.69) is 37.9 Å². The number of rotatable bonds is 2. The minimum Gasteiger partial charge on any atom is -0.365 e. The molecular formula is C16H17ClN6OS. The third-order valence-electron chi connectivity index (χ3n) is 4.41. The Morgan fingerprint density at radius 2 is 1.88 bits per heavy atom. The minimum atomic E-state index is -0.271. The van der Waals surface area contributed by atoms with E-state index in [9.17, 15) is 4.79 Å². The molecule has 4 rings (SSSR count). The highest BCUT2D eigenvalue weighted by Crippen LogP contribution is 2.31. The number of aromatic nitrogens is 4. The van der Waals surface area contributed by atoms with E-state index < -0.39 is 0 Å². The third-order valence-corrected chi connectivity index (χ3v) is 5.73. The Morgan fingerprint density at radius 3 is 2.64 bits per heavy atom. The molecule has 4 heterocycles. The van der Waals surface area contributed by atoms with Crippen molar-refractivity contribution < 1.29 is 0 Å². The first kappa shape index (κ1) is 16.3. The topological polar surface area (TPSA) is 67.2 Å². The van der Waals surface area contributed by atoms with Crippen LogP contribution in [0.25, 0.3) is 10.2 Å². The van der Waals surface area contributed by atoms with Crippen molar-refractivity contribution in [3.63, 3.8) is 0 Å². The van der Waals surface area contributed by atoms with Crippen molar-refractivity contribution in [2.75, 3.05) is 36.0 Å². The maximum absolute atomic E-state index is 12.0. The zero-order valence-electron chi connectivity index (χ0n) is 13.9. The molecule has 3 aromatic heterocycles. The first-order valence-electron chi connectivity index (χ1n) is 7.97. The summed E-state index contributed by atoms with van der Waals surface area (Å²) in [4.78, 5) is 27.4. The largest absolute Gasteiger partial charge is 0.365 e. The first-order valence-corrected chi connectivity index (χ1v) is 9.17. The van der Waals surface area contributed by atoms with Crippen LogP contribution in [0.1, 0.15) is 4.88 Å². The van der Waals surface area contributed by atoms with E-state index in [1.165, 1.54) is 9.56 Å². The van der Waals surface area contributed by atoms with Crippen molar-refractivity contribution in [1.82, 2.24) is 19.7 Å². The lowest BCUT2D eigenvalue weighted by Gasteiger charge is -2.36. The molecule has 3 aromatic rings. The standard InChI is InChI=1S/C16H17ClN6OS/c1-10-7-11-14(18-9-19-15(11)25-10)23-5-3-22(4-6-23)12-8-20-21(2)16(24)13(12)17/h7-9H,3-6H2,1-2H3. The number of aryl methyl sites for hydroxylation is 2. The Morgan fingerprint density at radius 1 is 1.16 bits per heavy atom. The Balaban J connectivity index is 1.57. The van der Waals surface area contributed by atoms with Crippen molar-refractivity contribution in [1.29, 1.82) is 0 Å². The number of hydrogen-bond donors (Lipinski definition) is 0. The van der Waals surface area contributed by atoms with Crippen LogP contribution in [-0.4, -0.2) is 45.9 Å². The van der Waals surface area contributed by atoms with Gasteiger partial charge in [-0.2, -0.15) is 5.10 Å². The van der Waals surface area contributed by atoms with E-state index in [1.807, 2.05) is 0 Å². The van der Waals surface area contributed by atoms with Crippen molar-refractivity contribution in [2.45, 2.75) is 6.92 Å². The van der Waals surface area contributed by atoms with Gasteiger partial charge in [0, 0.05) is 38.1 Å². The van der Waals surface area contributed by atoms with Gasteiger partial charge in [-0.05, 0) is 13.0 Å². The quantitative estimate of drug-likeness (QED) is 0.682. The van der Waals surface area contributed by atoms with E-state index in [0.29, 0.717) is 5.69 Å². The van der Waals surface area contributed by atoms with E-state index in [4.69, 9.17) is 11.6 Å². The molecule has 0 unspecified atom stereocenters. The summed E-state index contributed by atoms with van der Waals surface area (Å²) in [5, 5.41) is 5.41. The van der Waals surface area contributed by atoms with Gasteiger partial charge in [0.2, 0.25) is 0 Å². The minimum absolute atomic E-state index is 0.226. The fourth-order valence-electron chi connectivity index (χ4n) is 3.10. The summed E-state index contributed by atoms with van der Waals surface area (Å²) < 4.78 is 1.25. The highest BCUT2D eigenvalue weighted by molar-refractivity contribution is 7.18. The van der Waals surface area contributed by atoms with Gasteiger partial charge in [-0.25, -0.2) is 14.6 Å². The van der Waals surface area contributed by atoms with Gasteiger partial charge >= 0.3 is 0 Å². The number of piperazine rings is 1. The molecule has 9 heteroatoms. The molecule has 0 aromatic carbocycles. The Bertz CT molecular complexity index is 992. The zero-order valence-corrected chi connectivity index (χ0v) is 15.5. The van der Waals surface area contributed by atoms with Gasteiger partial charge < -0.3 is 9.80 Å². The lowest BCUT2D eigenvalue weighted by molar-refractivity contribution is 0.639. The molecule has 0 N–H and O–H groups in total. The maximum atomic E-state index is 12.0. The molecule has 1 aliphatic heterocycles. The number of thiophene rings is 1. The Labute approximate surface area is 153 Å². The second-order valence-corrected chi connectivity index (χ2v) is 7.63. The van der Waals surface area contributed by atoms with Crippen molar-refractivity contribution in [2.24, 2.45) is 7.05 Å². The smallest absolute Gasteiger partial charge is 0.287 e. The summed E-state index contributed by atoms with van der Waals surface area (Å²) >= 11 is 7.90. The van der Waals surface area contributed by atoms with Crippen LogP contribution in [0, 0.1) is 6.92 Å². The molecular weight excluding hydrogens is 360 g/mol. The molecule has 1 aliphatic rings. The molecule has 0 amide bonds. The summed E-state index contributed by atoms with van der Waals surface area (Å²) in [7, 11) is 1.60. The maximum Gasteiger partial charge on any atom is 0.287 e. The molecule has 0 saturated carbocycles. The molecule has 25 heavy (non-hydrogen) atoms. The summed E-state index contributed by atoms with van der Waals surface area (Å²) in [6.07, 6.45) is 3.28. The lowest BCUT2D eigenvalue weighted by Crippen LogP contribution is -2.47. The number of anilines is 2. The van der Waals surface area contributed by atoms with E-state index in [-0.39, 0.29) is 10.6 Å². The summed E-state index contributed by atoms with van der Waals surface area (Å²) in [5.41, 5.74) is 0.427. The number of hydrogen-bond acceptors (Lipinski definition) is 7. The predicted molar refractivity (Wildman–Crippen MR) is 101 cm³/mol. The second-order valence-electron chi connectivity index (χ2n) is 6.02. The van der Waals surface area contributed by atoms with Gasteiger partial charge in [0.05, 0.1) is 17.3 Å². The van der Waals surface area contributed by atoms with Gasteiger partial charge in [0.1, 0.15) is 22.0 Å². The van der Waals surface area contributed by atoms with E-state index in [1.54, 1.807) is 30.9 Å². The highest BCUT2D eigenvalue weighted by atomic mass is 35.5. The van der Waals surface area contributed by atoms with E-state index >= 15 is 0 Å². The lowest BCUT2D eigenvalue weighted by atomic mass is 10.2. The van der Waals surface area contributed by atoms with Crippen LogP contribution in [-0.2, 0) is 7.05 Å². The molecule has 1 fully saturated rings. The normalized spacial score (nSPS) is 15.2. The van der Waals surface area contributed by atoms with Gasteiger partial charge in [-0.15, -0.1) is 11.3 Å². The molecule has 130 valence electrons. The zero-order chi connectivity index (χ0) is 17.6. The fraction of sp³-hybridized carbons (Fsp3) is 0.375. The van der Waals surface area contributed by atoms with Gasteiger partial charge in [-0.3, -0.25) is 4.79 Å². The monoisotopic (exact) mass is 376 g/mol. The Hall–Kier alpha value is -2.19. The van der Waals surface area contributed by atoms with Crippen molar-refractivity contribution >= 4 is 44.7 Å². The van der Waals surface area contributed by atoms with Gasteiger partial charge in [0.15, 0.2) is 0 Å². The summed E-state index contributed by atoms with van der Waals surface area (Å²) in [5.74, 6) is 0.974. The summed E-state index contributed by atoms with van der Waals surface area (Å²) in [6.45, 7) is 5.18. The number of fused-ring (bicyclic) bond motifs is 1. The Kier molecular flexibility index (Phi) is 4.09. The average Bonchev–Trinajstić information content (AvgIpc) is 3.00. The molecule has 0 aliphatic carbocycles. The molecule has 1 saturated heterocycles.